The predicted octanol–water partition coefficient (Wildman–Crippen LogP) is 5.71. The van der Waals surface area contributed by atoms with E-state index in [1.807, 2.05) is 19.1 Å². The Labute approximate surface area is 175 Å². The van der Waals surface area contributed by atoms with Crippen molar-refractivity contribution in [2.75, 3.05) is 0 Å². The zero-order valence-electron chi connectivity index (χ0n) is 16.7. The number of hydrogen-bond acceptors (Lipinski definition) is 4. The van der Waals surface area contributed by atoms with Gasteiger partial charge in [0.1, 0.15) is 18.2 Å². The monoisotopic (exact) mass is 437 g/mol. The Balaban J connectivity index is 1.76. The quantitative estimate of drug-likeness (QED) is 0.479. The largest absolute Gasteiger partial charge is 0.485 e. The van der Waals surface area contributed by atoms with Gasteiger partial charge in [0.2, 0.25) is 5.89 Å². The normalized spacial score (nSPS) is 11.5. The lowest BCUT2D eigenvalue weighted by Gasteiger charge is -2.10. The molecule has 3 aromatic rings. The molecule has 2 aromatic carbocycles. The van der Waals surface area contributed by atoms with Gasteiger partial charge in [0.25, 0.3) is 0 Å². The van der Waals surface area contributed by atoms with Crippen molar-refractivity contribution in [2.45, 2.75) is 39.5 Å². The molecule has 9 heteroatoms. The van der Waals surface area contributed by atoms with Crippen LogP contribution in [0.15, 0.2) is 40.8 Å². The van der Waals surface area contributed by atoms with Gasteiger partial charge >= 0.3 is 12.1 Å². The minimum Gasteiger partial charge on any atom is -0.485 e. The van der Waals surface area contributed by atoms with Crippen LogP contribution in [0, 0.1) is 19.7 Å². The van der Waals surface area contributed by atoms with E-state index in [0.717, 1.165) is 23.3 Å². The molecule has 0 saturated heterocycles. The van der Waals surface area contributed by atoms with Crippen LogP contribution in [0.4, 0.5) is 17.6 Å². The number of carboxylic acid groups (broad SMARTS) is 1. The van der Waals surface area contributed by atoms with Crippen molar-refractivity contribution in [1.29, 1.82) is 0 Å². The summed E-state index contributed by atoms with van der Waals surface area (Å²) >= 11 is 0. The molecular formula is C22H19F4NO4. The number of alkyl halides is 3. The molecular weight excluding hydrogens is 418 g/mol. The third kappa shape index (κ3) is 5.42. The van der Waals surface area contributed by atoms with Crippen molar-refractivity contribution in [3.63, 3.8) is 0 Å². The van der Waals surface area contributed by atoms with Gasteiger partial charge in [-0.25, -0.2) is 9.37 Å². The van der Waals surface area contributed by atoms with Crippen molar-refractivity contribution in [3.05, 3.63) is 70.4 Å². The number of nitrogens with zero attached hydrogens (tertiary/aromatic N) is 1. The van der Waals surface area contributed by atoms with Gasteiger partial charge in [-0.15, -0.1) is 0 Å². The van der Waals surface area contributed by atoms with E-state index in [0.29, 0.717) is 29.7 Å². The van der Waals surface area contributed by atoms with Crippen molar-refractivity contribution in [3.8, 4) is 17.2 Å². The standard InChI is InChI=1S/C22H19F4NO4/c1-12-3-4-14(5-8-20(28)29)9-18(12)30-11-19-13(2)27-21(31-19)15-6-7-16(17(23)10-15)22(24,25)26/h3-4,6-7,9-10H,5,8,11H2,1-2H3,(H,28,29). The molecule has 0 saturated carbocycles. The van der Waals surface area contributed by atoms with Crippen LogP contribution < -0.4 is 4.74 Å². The van der Waals surface area contributed by atoms with E-state index in [1.54, 1.807) is 13.0 Å². The summed E-state index contributed by atoms with van der Waals surface area (Å²) in [4.78, 5) is 14.9. The molecule has 0 aliphatic carbocycles. The minimum absolute atomic E-state index is 0.00321. The van der Waals surface area contributed by atoms with Crippen LogP contribution >= 0.6 is 0 Å². The summed E-state index contributed by atoms with van der Waals surface area (Å²) in [6.45, 7) is 3.47. The van der Waals surface area contributed by atoms with E-state index < -0.39 is 23.5 Å². The summed E-state index contributed by atoms with van der Waals surface area (Å²) in [6, 6.07) is 7.85. The highest BCUT2D eigenvalue weighted by atomic mass is 19.4. The number of hydrogen-bond donors (Lipinski definition) is 1. The Hall–Kier alpha value is -3.36. The van der Waals surface area contributed by atoms with Crippen LogP contribution in [0.3, 0.4) is 0 Å². The maximum absolute atomic E-state index is 13.9. The number of carbonyl (C=O) groups is 1. The summed E-state index contributed by atoms with van der Waals surface area (Å²) in [5, 5.41) is 8.82. The van der Waals surface area contributed by atoms with Crippen LogP contribution in [0.5, 0.6) is 5.75 Å². The molecule has 0 aliphatic rings. The number of aliphatic carboxylic acids is 1. The van der Waals surface area contributed by atoms with E-state index in [4.69, 9.17) is 14.3 Å². The fraction of sp³-hybridized carbons (Fsp3) is 0.273. The molecule has 164 valence electrons. The molecule has 3 rings (SSSR count). The maximum atomic E-state index is 13.9. The molecule has 0 atom stereocenters. The zero-order chi connectivity index (χ0) is 22.8. The third-order valence-electron chi connectivity index (χ3n) is 4.65. The average molecular weight is 437 g/mol. The van der Waals surface area contributed by atoms with Crippen molar-refractivity contribution < 1.29 is 36.6 Å². The molecule has 0 bridgehead atoms. The molecule has 31 heavy (non-hydrogen) atoms. The van der Waals surface area contributed by atoms with Gasteiger partial charge in [-0.2, -0.15) is 13.2 Å². The molecule has 1 N–H and O–H groups in total. The smallest absolute Gasteiger partial charge is 0.419 e. The molecule has 0 fully saturated rings. The second-order valence-corrected chi connectivity index (χ2v) is 7.00. The maximum Gasteiger partial charge on any atom is 0.419 e. The third-order valence-corrected chi connectivity index (χ3v) is 4.65. The first-order chi connectivity index (χ1) is 14.5. The molecule has 1 heterocycles. The van der Waals surface area contributed by atoms with Gasteiger partial charge in [0.15, 0.2) is 5.76 Å². The summed E-state index contributed by atoms with van der Waals surface area (Å²) in [7, 11) is 0. The number of rotatable bonds is 7. The Morgan fingerprint density at radius 2 is 1.90 bits per heavy atom. The van der Waals surface area contributed by atoms with Gasteiger partial charge in [0.05, 0.1) is 11.3 Å². The lowest BCUT2D eigenvalue weighted by molar-refractivity contribution is -0.140. The lowest BCUT2D eigenvalue weighted by atomic mass is 10.1. The van der Waals surface area contributed by atoms with E-state index in [-0.39, 0.29) is 24.5 Å². The first-order valence-electron chi connectivity index (χ1n) is 9.32. The van der Waals surface area contributed by atoms with E-state index in [1.165, 1.54) is 0 Å². The number of oxazole rings is 1. The number of benzene rings is 2. The minimum atomic E-state index is -4.79. The number of aromatic nitrogens is 1. The highest BCUT2D eigenvalue weighted by Gasteiger charge is 2.34. The van der Waals surface area contributed by atoms with Gasteiger partial charge < -0.3 is 14.3 Å². The molecule has 0 spiro atoms. The first kappa shape index (κ1) is 22.3. The zero-order valence-corrected chi connectivity index (χ0v) is 16.7. The average Bonchev–Trinajstić information content (AvgIpc) is 3.06. The molecule has 5 nitrogen and oxygen atoms in total. The number of ether oxygens (including phenoxy) is 1. The number of carboxylic acids is 1. The molecule has 0 unspecified atom stereocenters. The SMILES string of the molecule is Cc1ccc(CCC(=O)O)cc1OCc1oc(-c2ccc(C(F)(F)F)c(F)c2)nc1C. The van der Waals surface area contributed by atoms with Crippen LogP contribution in [0.25, 0.3) is 11.5 Å². The Kier molecular flexibility index (Phi) is 6.33. The fourth-order valence-electron chi connectivity index (χ4n) is 2.91. The van der Waals surface area contributed by atoms with Crippen LogP contribution in [0.1, 0.15) is 34.6 Å². The van der Waals surface area contributed by atoms with E-state index in [9.17, 15) is 22.4 Å². The summed E-state index contributed by atoms with van der Waals surface area (Å²) in [5.74, 6) is -1.44. The van der Waals surface area contributed by atoms with Crippen molar-refractivity contribution in [2.24, 2.45) is 0 Å². The Morgan fingerprint density at radius 3 is 2.55 bits per heavy atom. The molecule has 0 amide bonds. The van der Waals surface area contributed by atoms with Crippen LogP contribution in [-0.4, -0.2) is 16.1 Å². The molecule has 1 aromatic heterocycles. The van der Waals surface area contributed by atoms with Gasteiger partial charge in [-0.1, -0.05) is 12.1 Å². The second kappa shape index (κ2) is 8.79. The van der Waals surface area contributed by atoms with E-state index in [2.05, 4.69) is 4.98 Å². The highest BCUT2D eigenvalue weighted by molar-refractivity contribution is 5.67. The van der Waals surface area contributed by atoms with Crippen LogP contribution in [0.2, 0.25) is 0 Å². The fourth-order valence-corrected chi connectivity index (χ4v) is 2.91. The molecule has 0 aliphatic heterocycles. The van der Waals surface area contributed by atoms with Crippen LogP contribution in [-0.2, 0) is 24.0 Å². The predicted molar refractivity (Wildman–Crippen MR) is 103 cm³/mol. The van der Waals surface area contributed by atoms with E-state index >= 15 is 0 Å². The Morgan fingerprint density at radius 1 is 1.16 bits per heavy atom. The molecule has 0 radical (unpaired) electrons. The number of halogens is 4. The van der Waals surface area contributed by atoms with Gasteiger partial charge in [-0.05, 0) is 55.7 Å². The summed E-state index contributed by atoms with van der Waals surface area (Å²) in [6.07, 6.45) is -4.43. The highest BCUT2D eigenvalue weighted by Crippen LogP contribution is 2.34. The Bertz CT molecular complexity index is 1110. The van der Waals surface area contributed by atoms with Crippen molar-refractivity contribution >= 4 is 5.97 Å². The first-order valence-corrected chi connectivity index (χ1v) is 9.32. The lowest BCUT2D eigenvalue weighted by Crippen LogP contribution is -2.07. The topological polar surface area (TPSA) is 72.6 Å². The van der Waals surface area contributed by atoms with Gasteiger partial charge in [-0.3, -0.25) is 4.79 Å². The summed E-state index contributed by atoms with van der Waals surface area (Å²) in [5.41, 5.74) is 0.808. The second-order valence-electron chi connectivity index (χ2n) is 7.00. The number of aryl methyl sites for hydroxylation is 3. The summed E-state index contributed by atoms with van der Waals surface area (Å²) < 4.78 is 63.4. The van der Waals surface area contributed by atoms with Gasteiger partial charge in [0, 0.05) is 12.0 Å². The van der Waals surface area contributed by atoms with Crippen molar-refractivity contribution in [1.82, 2.24) is 4.98 Å².